The van der Waals surface area contributed by atoms with Crippen LogP contribution in [0.1, 0.15) is 15.9 Å². The number of ether oxygens (including phenoxy) is 2. The summed E-state index contributed by atoms with van der Waals surface area (Å²) >= 11 is 1.61. The molecule has 1 unspecified atom stereocenters. The van der Waals surface area contributed by atoms with E-state index in [4.69, 9.17) is 9.47 Å². The number of benzene rings is 2. The van der Waals surface area contributed by atoms with Gasteiger partial charge in [-0.1, -0.05) is 42.5 Å². The molecule has 2 amide bonds. The Labute approximate surface area is 205 Å². The van der Waals surface area contributed by atoms with Crippen LogP contribution in [0.3, 0.4) is 0 Å². The standard InChI is InChI=1S/C26H31N3O4S/c1-32-22-15-21(16-23(17-22)33-2)25(30)29-19-34-18-24(29)26(31)28-13-11-27(12-14-28)10-6-9-20-7-4-3-5-8-20/h3-9,15-17,24H,10-14,18-19H2,1-2H3/b9-6+. The molecule has 4 rings (SSSR count). The minimum absolute atomic E-state index is 0.0349. The maximum atomic E-state index is 13.3. The van der Waals surface area contributed by atoms with Gasteiger partial charge < -0.3 is 19.3 Å². The molecule has 2 aromatic rings. The Balaban J connectivity index is 1.34. The molecule has 2 fully saturated rings. The van der Waals surface area contributed by atoms with E-state index in [1.165, 1.54) is 5.56 Å². The SMILES string of the molecule is COc1cc(OC)cc(C(=O)N2CSCC2C(=O)N2CCN(C/C=C/c3ccccc3)CC2)c1. The molecule has 0 N–H and O–H groups in total. The zero-order chi connectivity index (χ0) is 23.9. The van der Waals surface area contributed by atoms with Crippen molar-refractivity contribution in [1.29, 1.82) is 0 Å². The van der Waals surface area contributed by atoms with Crippen LogP contribution >= 0.6 is 11.8 Å². The second-order valence-electron chi connectivity index (χ2n) is 8.33. The molecule has 2 heterocycles. The molecule has 34 heavy (non-hydrogen) atoms. The number of nitrogens with zero attached hydrogens (tertiary/aromatic N) is 3. The second kappa shape index (κ2) is 11.4. The smallest absolute Gasteiger partial charge is 0.255 e. The highest BCUT2D eigenvalue weighted by Gasteiger charge is 2.38. The first-order valence-corrected chi connectivity index (χ1v) is 12.6. The van der Waals surface area contributed by atoms with Crippen LogP contribution in [-0.4, -0.2) is 91.1 Å². The van der Waals surface area contributed by atoms with Crippen molar-refractivity contribution < 1.29 is 19.1 Å². The Morgan fingerprint density at radius 1 is 1.00 bits per heavy atom. The van der Waals surface area contributed by atoms with Gasteiger partial charge in [0, 0.05) is 50.1 Å². The van der Waals surface area contributed by atoms with E-state index in [2.05, 4.69) is 29.2 Å². The topological polar surface area (TPSA) is 62.3 Å². The summed E-state index contributed by atoms with van der Waals surface area (Å²) in [5.41, 5.74) is 1.65. The average Bonchev–Trinajstić information content (AvgIpc) is 3.38. The van der Waals surface area contributed by atoms with Crippen LogP contribution in [-0.2, 0) is 4.79 Å². The van der Waals surface area contributed by atoms with Crippen LogP contribution in [0, 0.1) is 0 Å². The molecule has 2 aliphatic rings. The van der Waals surface area contributed by atoms with Crippen molar-refractivity contribution in [3.05, 3.63) is 65.7 Å². The summed E-state index contributed by atoms with van der Waals surface area (Å²) in [6.07, 6.45) is 4.30. The molecule has 0 radical (unpaired) electrons. The third-order valence-corrected chi connectivity index (χ3v) is 7.20. The maximum Gasteiger partial charge on any atom is 0.255 e. The third kappa shape index (κ3) is 5.74. The first kappa shape index (κ1) is 24.2. The molecular formula is C26H31N3O4S. The summed E-state index contributed by atoms with van der Waals surface area (Å²) in [6.45, 7) is 3.86. The number of piperazine rings is 1. The molecular weight excluding hydrogens is 450 g/mol. The number of rotatable bonds is 7. The van der Waals surface area contributed by atoms with Crippen LogP contribution in [0.15, 0.2) is 54.6 Å². The molecule has 2 saturated heterocycles. The van der Waals surface area contributed by atoms with Gasteiger partial charge in [-0.3, -0.25) is 14.5 Å². The second-order valence-corrected chi connectivity index (χ2v) is 9.33. The fourth-order valence-corrected chi connectivity index (χ4v) is 5.35. The summed E-state index contributed by atoms with van der Waals surface area (Å²) in [5.74, 6) is 2.08. The Hall–Kier alpha value is -2.97. The number of methoxy groups -OCH3 is 2. The largest absolute Gasteiger partial charge is 0.497 e. The van der Waals surface area contributed by atoms with Crippen LogP contribution < -0.4 is 9.47 Å². The molecule has 7 nitrogen and oxygen atoms in total. The van der Waals surface area contributed by atoms with E-state index < -0.39 is 6.04 Å². The van der Waals surface area contributed by atoms with E-state index in [9.17, 15) is 9.59 Å². The molecule has 0 saturated carbocycles. The molecule has 2 aromatic carbocycles. The Bertz CT molecular complexity index is 1000. The van der Waals surface area contributed by atoms with Crippen molar-refractivity contribution in [3.8, 4) is 11.5 Å². The zero-order valence-corrected chi connectivity index (χ0v) is 20.5. The van der Waals surface area contributed by atoms with Gasteiger partial charge >= 0.3 is 0 Å². The van der Waals surface area contributed by atoms with Crippen molar-refractivity contribution >= 4 is 29.7 Å². The third-order valence-electron chi connectivity index (χ3n) is 6.18. The van der Waals surface area contributed by atoms with Gasteiger partial charge in [0.1, 0.15) is 17.5 Å². The van der Waals surface area contributed by atoms with E-state index in [0.29, 0.717) is 41.8 Å². The van der Waals surface area contributed by atoms with Gasteiger partial charge in [0.25, 0.3) is 5.91 Å². The van der Waals surface area contributed by atoms with Crippen LogP contribution in [0.25, 0.3) is 6.08 Å². The van der Waals surface area contributed by atoms with Crippen molar-refractivity contribution in [2.24, 2.45) is 0 Å². The van der Waals surface area contributed by atoms with Crippen molar-refractivity contribution in [2.75, 3.05) is 58.6 Å². The molecule has 180 valence electrons. The van der Waals surface area contributed by atoms with E-state index in [-0.39, 0.29) is 11.8 Å². The maximum absolute atomic E-state index is 13.3. The van der Waals surface area contributed by atoms with Gasteiger partial charge in [0.05, 0.1) is 20.1 Å². The lowest BCUT2D eigenvalue weighted by Crippen LogP contribution is -2.55. The van der Waals surface area contributed by atoms with Gasteiger partial charge in [0.2, 0.25) is 5.91 Å². The van der Waals surface area contributed by atoms with Crippen LogP contribution in [0.5, 0.6) is 11.5 Å². The molecule has 2 aliphatic heterocycles. The molecule has 8 heteroatoms. The van der Waals surface area contributed by atoms with Crippen molar-refractivity contribution in [2.45, 2.75) is 6.04 Å². The van der Waals surface area contributed by atoms with Crippen LogP contribution in [0.2, 0.25) is 0 Å². The highest BCUT2D eigenvalue weighted by Crippen LogP contribution is 2.28. The lowest BCUT2D eigenvalue weighted by Gasteiger charge is -2.36. The first-order chi connectivity index (χ1) is 16.6. The lowest BCUT2D eigenvalue weighted by atomic mass is 10.1. The monoisotopic (exact) mass is 481 g/mol. The van der Waals surface area contributed by atoms with E-state index in [0.717, 1.165) is 19.6 Å². The number of hydrogen-bond acceptors (Lipinski definition) is 6. The van der Waals surface area contributed by atoms with Gasteiger partial charge in [-0.25, -0.2) is 0 Å². The van der Waals surface area contributed by atoms with E-state index in [1.54, 1.807) is 49.1 Å². The number of carbonyl (C=O) groups is 2. The minimum atomic E-state index is -0.445. The zero-order valence-electron chi connectivity index (χ0n) is 19.7. The molecule has 1 atom stereocenters. The van der Waals surface area contributed by atoms with Gasteiger partial charge in [-0.05, 0) is 17.7 Å². The summed E-state index contributed by atoms with van der Waals surface area (Å²) in [4.78, 5) is 32.5. The quantitative estimate of drug-likeness (QED) is 0.606. The van der Waals surface area contributed by atoms with Crippen LogP contribution in [0.4, 0.5) is 0 Å². The van der Waals surface area contributed by atoms with Crippen molar-refractivity contribution in [1.82, 2.24) is 14.7 Å². The highest BCUT2D eigenvalue weighted by molar-refractivity contribution is 7.99. The normalized spacial score (nSPS) is 18.9. The highest BCUT2D eigenvalue weighted by atomic mass is 32.2. The fraction of sp³-hybridized carbons (Fsp3) is 0.385. The Morgan fingerprint density at radius 3 is 2.32 bits per heavy atom. The predicted octanol–water partition coefficient (Wildman–Crippen LogP) is 3.08. The summed E-state index contributed by atoms with van der Waals surface area (Å²) < 4.78 is 10.6. The molecule has 0 aromatic heterocycles. The summed E-state index contributed by atoms with van der Waals surface area (Å²) in [7, 11) is 3.11. The fourth-order valence-electron chi connectivity index (χ4n) is 4.21. The number of amides is 2. The van der Waals surface area contributed by atoms with Crippen molar-refractivity contribution in [3.63, 3.8) is 0 Å². The summed E-state index contributed by atoms with van der Waals surface area (Å²) in [5, 5.41) is 0. The minimum Gasteiger partial charge on any atom is -0.497 e. The number of hydrogen-bond donors (Lipinski definition) is 0. The Kier molecular flexibility index (Phi) is 8.13. The predicted molar refractivity (Wildman–Crippen MR) is 135 cm³/mol. The van der Waals surface area contributed by atoms with E-state index >= 15 is 0 Å². The number of carbonyl (C=O) groups excluding carboxylic acids is 2. The lowest BCUT2D eigenvalue weighted by molar-refractivity contribution is -0.136. The first-order valence-electron chi connectivity index (χ1n) is 11.4. The number of thioether (sulfide) groups is 1. The van der Waals surface area contributed by atoms with Gasteiger partial charge in [-0.15, -0.1) is 11.8 Å². The summed E-state index contributed by atoms with van der Waals surface area (Å²) in [6, 6.07) is 14.9. The Morgan fingerprint density at radius 2 is 1.68 bits per heavy atom. The molecule has 0 aliphatic carbocycles. The van der Waals surface area contributed by atoms with E-state index in [1.807, 2.05) is 23.1 Å². The molecule has 0 bridgehead atoms. The molecule has 0 spiro atoms. The van der Waals surface area contributed by atoms with Gasteiger partial charge in [0.15, 0.2) is 0 Å². The average molecular weight is 482 g/mol. The van der Waals surface area contributed by atoms with Gasteiger partial charge in [-0.2, -0.15) is 0 Å².